The Morgan fingerprint density at radius 3 is 2.43 bits per heavy atom. The first-order chi connectivity index (χ1) is 11.1. The van der Waals surface area contributed by atoms with Crippen LogP contribution in [-0.2, 0) is 27.9 Å². The van der Waals surface area contributed by atoms with Crippen molar-refractivity contribution in [1.82, 2.24) is 10.1 Å². The van der Waals surface area contributed by atoms with E-state index in [4.69, 9.17) is 14.0 Å². The lowest BCUT2D eigenvalue weighted by atomic mass is 10.2. The summed E-state index contributed by atoms with van der Waals surface area (Å²) >= 11 is 0. The van der Waals surface area contributed by atoms with E-state index >= 15 is 0 Å². The highest BCUT2D eigenvalue weighted by atomic mass is 32.2. The third-order valence-corrected chi connectivity index (χ3v) is 4.64. The van der Waals surface area contributed by atoms with E-state index in [-0.39, 0.29) is 29.8 Å². The van der Waals surface area contributed by atoms with Crippen molar-refractivity contribution in [2.24, 2.45) is 0 Å². The fourth-order valence-corrected chi connectivity index (χ4v) is 3.35. The molecule has 0 unspecified atom stereocenters. The van der Waals surface area contributed by atoms with Crippen LogP contribution in [0.3, 0.4) is 0 Å². The van der Waals surface area contributed by atoms with Gasteiger partial charge in [-0.3, -0.25) is 0 Å². The predicted octanol–water partition coefficient (Wildman–Crippen LogP) is 1.94. The summed E-state index contributed by atoms with van der Waals surface area (Å²) < 4.78 is 34.4. The van der Waals surface area contributed by atoms with E-state index in [9.17, 15) is 8.42 Å². The molecule has 1 aromatic carbocycles. The molecule has 7 nitrogen and oxygen atoms in total. The number of hydrogen-bond donors (Lipinski definition) is 1. The van der Waals surface area contributed by atoms with Crippen LogP contribution in [0.5, 0.6) is 0 Å². The maximum absolute atomic E-state index is 12.2. The van der Waals surface area contributed by atoms with Gasteiger partial charge in [-0.1, -0.05) is 29.4 Å². The van der Waals surface area contributed by atoms with Crippen molar-refractivity contribution in [3.63, 3.8) is 0 Å². The monoisotopic (exact) mass is 334 g/mol. The van der Waals surface area contributed by atoms with Crippen LogP contribution in [0.1, 0.15) is 17.0 Å². The first-order valence-corrected chi connectivity index (χ1v) is 8.62. The highest BCUT2D eigenvalue weighted by Crippen LogP contribution is 2.18. The molecule has 1 N–H and O–H groups in total. The minimum Gasteiger partial charge on any atom is -0.472 e. The van der Waals surface area contributed by atoms with Crippen molar-refractivity contribution in [2.45, 2.75) is 18.1 Å². The molecule has 0 bridgehead atoms. The van der Waals surface area contributed by atoms with Crippen molar-refractivity contribution >= 4 is 9.84 Å². The Morgan fingerprint density at radius 1 is 1.04 bits per heavy atom. The van der Waals surface area contributed by atoms with E-state index in [0.29, 0.717) is 11.1 Å². The second kappa shape index (κ2) is 6.35. The number of hydrogen-bond acceptors (Lipinski definition) is 7. The quantitative estimate of drug-likeness (QED) is 0.734. The lowest BCUT2D eigenvalue weighted by Crippen LogP contribution is -2.08. The van der Waals surface area contributed by atoms with Crippen molar-refractivity contribution in [3.8, 4) is 11.4 Å². The minimum absolute atomic E-state index is 0.0354. The maximum Gasteiger partial charge on any atom is 0.242 e. The van der Waals surface area contributed by atoms with Gasteiger partial charge in [-0.25, -0.2) is 8.42 Å². The van der Waals surface area contributed by atoms with Crippen LogP contribution in [0.2, 0.25) is 0 Å². The molecule has 2 aromatic heterocycles. The molecule has 120 valence electrons. The first-order valence-electron chi connectivity index (χ1n) is 6.80. The fourth-order valence-electron chi connectivity index (χ4n) is 2.06. The summed E-state index contributed by atoms with van der Waals surface area (Å²) in [5.74, 6) is -0.147. The average Bonchev–Trinajstić information content (AvgIpc) is 3.18. The molecule has 0 aliphatic carbocycles. The average molecular weight is 334 g/mol. The zero-order valence-corrected chi connectivity index (χ0v) is 12.9. The molecular weight excluding hydrogens is 320 g/mol. The normalized spacial score (nSPS) is 11.7. The molecule has 8 heteroatoms. The lowest BCUT2D eigenvalue weighted by Gasteiger charge is -2.03. The fraction of sp³-hybridized carbons (Fsp3) is 0.200. The Morgan fingerprint density at radius 2 is 1.78 bits per heavy atom. The summed E-state index contributed by atoms with van der Waals surface area (Å²) in [5, 5.41) is 12.7. The number of benzene rings is 1. The number of rotatable bonds is 6. The summed E-state index contributed by atoms with van der Waals surface area (Å²) in [7, 11) is -3.44. The summed E-state index contributed by atoms with van der Waals surface area (Å²) in [6.45, 7) is -0.0776. The summed E-state index contributed by atoms with van der Waals surface area (Å²) in [6, 6.07) is 8.39. The Balaban J connectivity index is 1.70. The zero-order chi connectivity index (χ0) is 16.3. The van der Waals surface area contributed by atoms with Gasteiger partial charge in [0.1, 0.15) is 12.0 Å². The molecular formula is C15H14N2O5S. The van der Waals surface area contributed by atoms with Crippen LogP contribution in [0.4, 0.5) is 0 Å². The molecule has 0 amide bonds. The number of aliphatic hydroxyl groups is 1. The van der Waals surface area contributed by atoms with Crippen molar-refractivity contribution < 1.29 is 22.5 Å². The largest absolute Gasteiger partial charge is 0.472 e. The number of furan rings is 1. The smallest absolute Gasteiger partial charge is 0.242 e. The molecule has 0 fully saturated rings. The molecule has 2 heterocycles. The molecule has 0 saturated carbocycles. The van der Waals surface area contributed by atoms with Gasteiger partial charge >= 0.3 is 0 Å². The number of nitrogens with zero attached hydrogens (tertiary/aromatic N) is 2. The van der Waals surface area contributed by atoms with Gasteiger partial charge < -0.3 is 14.0 Å². The number of aliphatic hydroxyl groups excluding tert-OH is 1. The predicted molar refractivity (Wildman–Crippen MR) is 80.7 cm³/mol. The standard InChI is InChI=1S/C15H14N2O5S/c18-7-11-1-3-12(4-2-11)9-23(19,20)10-14-16-15(17-22-14)13-5-6-21-8-13/h1-6,8,18H,7,9-10H2. The van der Waals surface area contributed by atoms with Crippen LogP contribution in [-0.4, -0.2) is 23.7 Å². The second-order valence-electron chi connectivity index (χ2n) is 5.03. The summed E-state index contributed by atoms with van der Waals surface area (Å²) in [5.41, 5.74) is 1.99. The summed E-state index contributed by atoms with van der Waals surface area (Å²) in [6.07, 6.45) is 2.92. The van der Waals surface area contributed by atoms with Gasteiger partial charge in [0, 0.05) is 0 Å². The molecule has 3 rings (SSSR count). The third-order valence-electron chi connectivity index (χ3n) is 3.18. The lowest BCUT2D eigenvalue weighted by molar-refractivity contribution is 0.282. The van der Waals surface area contributed by atoms with Crippen LogP contribution >= 0.6 is 0 Å². The van der Waals surface area contributed by atoms with Crippen LogP contribution in [0, 0.1) is 0 Å². The van der Waals surface area contributed by atoms with Gasteiger partial charge in [0.15, 0.2) is 9.84 Å². The Kier molecular flexibility index (Phi) is 4.26. The van der Waals surface area contributed by atoms with Gasteiger partial charge in [0.25, 0.3) is 0 Å². The van der Waals surface area contributed by atoms with Gasteiger partial charge in [-0.2, -0.15) is 4.98 Å². The molecule has 0 saturated heterocycles. The van der Waals surface area contributed by atoms with Gasteiger partial charge in [-0.05, 0) is 17.2 Å². The van der Waals surface area contributed by atoms with E-state index in [1.54, 1.807) is 30.3 Å². The molecule has 0 atom stereocenters. The highest BCUT2D eigenvalue weighted by Gasteiger charge is 2.19. The molecule has 3 aromatic rings. The van der Waals surface area contributed by atoms with Crippen molar-refractivity contribution in [1.29, 1.82) is 0 Å². The summed E-state index contributed by atoms with van der Waals surface area (Å²) in [4.78, 5) is 4.06. The molecule has 0 spiro atoms. The van der Waals surface area contributed by atoms with Crippen LogP contribution in [0.25, 0.3) is 11.4 Å². The zero-order valence-electron chi connectivity index (χ0n) is 12.0. The Bertz CT molecular complexity index is 867. The number of sulfone groups is 1. The minimum atomic E-state index is -3.44. The van der Waals surface area contributed by atoms with E-state index in [2.05, 4.69) is 10.1 Å². The van der Waals surface area contributed by atoms with Crippen LogP contribution < -0.4 is 0 Å². The third kappa shape index (κ3) is 3.85. The van der Waals surface area contributed by atoms with Crippen LogP contribution in [0.15, 0.2) is 51.8 Å². The van der Waals surface area contributed by atoms with Gasteiger partial charge in [0.05, 0.1) is 24.2 Å². The van der Waals surface area contributed by atoms with E-state index in [1.807, 2.05) is 0 Å². The molecule has 0 radical (unpaired) electrons. The molecule has 23 heavy (non-hydrogen) atoms. The highest BCUT2D eigenvalue weighted by molar-refractivity contribution is 7.89. The molecule has 0 aliphatic heterocycles. The van der Waals surface area contributed by atoms with E-state index < -0.39 is 9.84 Å². The SMILES string of the molecule is O=S(=O)(Cc1ccc(CO)cc1)Cc1nc(-c2ccoc2)no1. The van der Waals surface area contributed by atoms with Gasteiger partial charge in [0.2, 0.25) is 11.7 Å². The Hall–Kier alpha value is -2.45. The second-order valence-corrected chi connectivity index (χ2v) is 7.10. The topological polar surface area (TPSA) is 106 Å². The molecule has 0 aliphatic rings. The van der Waals surface area contributed by atoms with Crippen molar-refractivity contribution in [2.75, 3.05) is 0 Å². The van der Waals surface area contributed by atoms with Gasteiger partial charge in [-0.15, -0.1) is 0 Å². The number of aromatic nitrogens is 2. The Labute approximate surface area is 132 Å². The first kappa shape index (κ1) is 15.4. The maximum atomic E-state index is 12.2. The van der Waals surface area contributed by atoms with E-state index in [0.717, 1.165) is 5.56 Å². The van der Waals surface area contributed by atoms with E-state index in [1.165, 1.54) is 12.5 Å². The van der Waals surface area contributed by atoms with Crippen molar-refractivity contribution in [3.05, 3.63) is 59.9 Å².